The fraction of sp³-hybridized carbons (Fsp3) is 0.286. The Morgan fingerprint density at radius 2 is 1.42 bits per heavy atom. The summed E-state index contributed by atoms with van der Waals surface area (Å²) < 4.78 is 4.92. The molecule has 36 heavy (non-hydrogen) atoms. The maximum absolute atomic E-state index is 11.3. The maximum Gasteiger partial charge on any atom is 0.356 e. The zero-order chi connectivity index (χ0) is 27.5. The predicted octanol–water partition coefficient (Wildman–Crippen LogP) is -1.24. The summed E-state index contributed by atoms with van der Waals surface area (Å²) in [4.78, 5) is 12.2. The van der Waals surface area contributed by atoms with E-state index in [0.717, 1.165) is 11.0 Å². The number of aliphatic carboxylic acids is 1. The van der Waals surface area contributed by atoms with Crippen molar-refractivity contribution in [1.29, 1.82) is 0 Å². The van der Waals surface area contributed by atoms with Crippen LogP contribution >= 0.6 is 0 Å². The molecule has 0 bridgehead atoms. The van der Waals surface area contributed by atoms with Gasteiger partial charge in [0.05, 0.1) is 17.5 Å². The number of carboxylic acids is 1. The number of benzene rings is 2. The lowest BCUT2D eigenvalue weighted by atomic mass is 9.88. The number of nitrogens with zero attached hydrogens (tertiary/aromatic N) is 1. The highest BCUT2D eigenvalue weighted by Crippen LogP contribution is 2.60. The minimum absolute atomic E-state index is 0.679. The molecule has 0 spiro atoms. The van der Waals surface area contributed by atoms with Gasteiger partial charge >= 0.3 is 11.9 Å². The van der Waals surface area contributed by atoms with Crippen LogP contribution in [0.4, 0.5) is 0 Å². The van der Waals surface area contributed by atoms with Gasteiger partial charge in [0.1, 0.15) is 11.3 Å². The molecule has 0 radical (unpaired) electrons. The standard InChI is InChI=1S/C21H23NO14/c1-22(2)20(32,33)4-3-6-9-11(15(28)17(30)16(29)14(9)27)21(34,35)36-19-10(6)12(25)7(5-8(23)24)13(26)18(19)31/h3,25-35H,4-5H2,1-2H3,(H,23,24). The highest BCUT2D eigenvalue weighted by atomic mass is 16.8. The summed E-state index contributed by atoms with van der Waals surface area (Å²) in [7, 11) is 2.51. The maximum atomic E-state index is 11.3. The minimum Gasteiger partial charge on any atom is -0.507 e. The monoisotopic (exact) mass is 513 g/mol. The second-order valence-electron chi connectivity index (χ2n) is 8.14. The number of rotatable bonds is 5. The number of aliphatic hydroxyl groups is 4. The average Bonchev–Trinajstić information content (AvgIpc) is 2.87. The highest BCUT2D eigenvalue weighted by molar-refractivity contribution is 5.96. The second-order valence-corrected chi connectivity index (χ2v) is 8.14. The normalized spacial score (nSPS) is 15.8. The van der Waals surface area contributed by atoms with E-state index in [-0.39, 0.29) is 0 Å². The minimum atomic E-state index is -3.74. The van der Waals surface area contributed by atoms with Crippen LogP contribution in [0, 0.1) is 0 Å². The lowest BCUT2D eigenvalue weighted by Crippen LogP contribution is -2.43. The van der Waals surface area contributed by atoms with Crippen LogP contribution in [-0.2, 0) is 17.2 Å². The van der Waals surface area contributed by atoms with Crippen molar-refractivity contribution in [3.05, 3.63) is 28.3 Å². The molecular weight excluding hydrogens is 490 g/mol. The van der Waals surface area contributed by atoms with Crippen molar-refractivity contribution < 1.29 is 70.8 Å². The van der Waals surface area contributed by atoms with Crippen LogP contribution in [0.2, 0.25) is 0 Å². The number of fused-ring (bicyclic) bond motifs is 2. The van der Waals surface area contributed by atoms with Gasteiger partial charge in [-0.15, -0.1) is 0 Å². The molecule has 2 aromatic rings. The zero-order valence-electron chi connectivity index (χ0n) is 18.6. The molecule has 0 fully saturated rings. The number of carboxylic acid groups (broad SMARTS) is 1. The summed E-state index contributed by atoms with van der Waals surface area (Å²) in [6.45, 7) is 0. The van der Waals surface area contributed by atoms with Gasteiger partial charge in [0.15, 0.2) is 23.0 Å². The van der Waals surface area contributed by atoms with Crippen molar-refractivity contribution in [1.82, 2.24) is 4.90 Å². The number of hydrogen-bond donors (Lipinski definition) is 12. The Bertz CT molecular complexity index is 1290. The van der Waals surface area contributed by atoms with E-state index in [1.54, 1.807) is 0 Å². The lowest BCUT2D eigenvalue weighted by molar-refractivity contribution is -0.304. The first-order chi connectivity index (χ1) is 16.4. The first-order valence-corrected chi connectivity index (χ1v) is 9.92. The predicted molar refractivity (Wildman–Crippen MR) is 115 cm³/mol. The van der Waals surface area contributed by atoms with Crippen molar-refractivity contribution in [2.45, 2.75) is 24.7 Å². The first kappa shape index (κ1) is 26.5. The van der Waals surface area contributed by atoms with Gasteiger partial charge in [-0.1, -0.05) is 6.08 Å². The summed E-state index contributed by atoms with van der Waals surface area (Å²) in [5.41, 5.74) is -4.47. The Balaban J connectivity index is 2.58. The van der Waals surface area contributed by atoms with E-state index >= 15 is 0 Å². The molecule has 1 heterocycles. The third-order valence-electron chi connectivity index (χ3n) is 5.60. The van der Waals surface area contributed by atoms with Gasteiger partial charge in [-0.3, -0.25) is 9.69 Å². The van der Waals surface area contributed by atoms with Gasteiger partial charge in [0.25, 0.3) is 0 Å². The zero-order valence-corrected chi connectivity index (χ0v) is 18.6. The Hall–Kier alpha value is -4.15. The third-order valence-corrected chi connectivity index (χ3v) is 5.60. The van der Waals surface area contributed by atoms with Crippen LogP contribution in [-0.4, -0.2) is 92.2 Å². The molecule has 1 aliphatic heterocycles. The fourth-order valence-corrected chi connectivity index (χ4v) is 3.63. The second kappa shape index (κ2) is 8.51. The Morgan fingerprint density at radius 1 is 0.861 bits per heavy atom. The quantitative estimate of drug-likeness (QED) is 0.127. The average molecular weight is 513 g/mol. The van der Waals surface area contributed by atoms with Crippen LogP contribution in [0.5, 0.6) is 46.0 Å². The molecule has 0 aromatic heterocycles. The smallest absolute Gasteiger partial charge is 0.356 e. The number of ether oxygens (including phenoxy) is 1. The van der Waals surface area contributed by atoms with E-state index in [2.05, 4.69) is 0 Å². The van der Waals surface area contributed by atoms with Gasteiger partial charge in [-0.2, -0.15) is 0 Å². The Kier molecular flexibility index (Phi) is 6.25. The van der Waals surface area contributed by atoms with Crippen molar-refractivity contribution in [3.8, 4) is 46.0 Å². The molecule has 1 aliphatic rings. The van der Waals surface area contributed by atoms with Crippen molar-refractivity contribution in [2.75, 3.05) is 14.1 Å². The number of phenolic OH excluding ortho intramolecular Hbond substituents is 7. The number of carbonyl (C=O) groups is 1. The molecule has 15 nitrogen and oxygen atoms in total. The van der Waals surface area contributed by atoms with Crippen molar-refractivity contribution in [3.63, 3.8) is 0 Å². The van der Waals surface area contributed by atoms with Crippen LogP contribution < -0.4 is 4.74 Å². The Labute approximate surface area is 201 Å². The van der Waals surface area contributed by atoms with Gasteiger partial charge in [0.2, 0.25) is 23.2 Å². The third kappa shape index (κ3) is 4.00. The van der Waals surface area contributed by atoms with Crippen LogP contribution in [0.1, 0.15) is 28.7 Å². The van der Waals surface area contributed by atoms with E-state index in [4.69, 9.17) is 9.84 Å². The number of aromatic hydroxyl groups is 7. The highest BCUT2D eigenvalue weighted by Gasteiger charge is 2.47. The van der Waals surface area contributed by atoms with E-state index in [9.17, 15) is 61.0 Å². The van der Waals surface area contributed by atoms with E-state index in [1.165, 1.54) is 14.1 Å². The summed E-state index contributed by atoms with van der Waals surface area (Å²) in [6.07, 6.45) is -1.05. The van der Waals surface area contributed by atoms with Crippen LogP contribution in [0.3, 0.4) is 0 Å². The largest absolute Gasteiger partial charge is 0.507 e. The van der Waals surface area contributed by atoms with E-state index in [0.29, 0.717) is 0 Å². The van der Waals surface area contributed by atoms with Gasteiger partial charge in [0, 0.05) is 12.0 Å². The van der Waals surface area contributed by atoms with Gasteiger partial charge in [-0.05, 0) is 19.7 Å². The topological polar surface area (TPSA) is 272 Å². The SMILES string of the molecule is CN(C)C(O)(O)CC=C1c2c(O)c(CC(=O)O)c(O)c(O)c2OC(O)(O)c2c(O)c(O)c(O)c(O)c21. The molecule has 0 amide bonds. The van der Waals surface area contributed by atoms with Gasteiger partial charge < -0.3 is 66.0 Å². The molecule has 3 rings (SSSR count). The molecule has 15 heteroatoms. The summed E-state index contributed by atoms with van der Waals surface area (Å²) in [5.74, 6) is -18.3. The molecule has 0 saturated heterocycles. The number of hydrogen-bond acceptors (Lipinski definition) is 14. The summed E-state index contributed by atoms with van der Waals surface area (Å²) >= 11 is 0. The molecule has 12 N–H and O–H groups in total. The molecule has 196 valence electrons. The molecule has 0 saturated carbocycles. The lowest BCUT2D eigenvalue weighted by Gasteiger charge is -2.28. The summed E-state index contributed by atoms with van der Waals surface area (Å²) in [6, 6.07) is 0. The van der Waals surface area contributed by atoms with Crippen molar-refractivity contribution in [2.24, 2.45) is 0 Å². The number of phenols is 7. The van der Waals surface area contributed by atoms with Gasteiger partial charge in [-0.25, -0.2) is 0 Å². The molecule has 0 aliphatic carbocycles. The molecular formula is C21H23NO14. The van der Waals surface area contributed by atoms with Crippen LogP contribution in [0.25, 0.3) is 5.57 Å². The van der Waals surface area contributed by atoms with Crippen LogP contribution in [0.15, 0.2) is 6.08 Å². The van der Waals surface area contributed by atoms with E-state index in [1.807, 2.05) is 0 Å². The Morgan fingerprint density at radius 3 is 1.94 bits per heavy atom. The molecule has 0 atom stereocenters. The molecule has 0 unspecified atom stereocenters. The molecule has 2 aromatic carbocycles. The van der Waals surface area contributed by atoms with E-state index < -0.39 is 105 Å². The first-order valence-electron chi connectivity index (χ1n) is 9.92. The fourth-order valence-electron chi connectivity index (χ4n) is 3.63. The summed E-state index contributed by atoms with van der Waals surface area (Å²) in [5, 5.41) is 124. The van der Waals surface area contributed by atoms with Crippen molar-refractivity contribution >= 4 is 11.5 Å².